The number of benzene rings is 2. The molecule has 3 aromatic rings. The summed E-state index contributed by atoms with van der Waals surface area (Å²) in [4.78, 5) is 21.7. The summed E-state index contributed by atoms with van der Waals surface area (Å²) in [5.74, 6) is 1.37. The van der Waals surface area contributed by atoms with Gasteiger partial charge in [-0.05, 0) is 63.0 Å². The second-order valence-corrected chi connectivity index (χ2v) is 8.94. The van der Waals surface area contributed by atoms with E-state index in [-0.39, 0.29) is 18.3 Å². The molecule has 0 saturated heterocycles. The van der Waals surface area contributed by atoms with Crippen LogP contribution in [0.3, 0.4) is 0 Å². The Balaban J connectivity index is 0.00000408. The Morgan fingerprint density at radius 2 is 1.76 bits per heavy atom. The summed E-state index contributed by atoms with van der Waals surface area (Å²) >= 11 is 7.76. The molecular formula is C24H29Cl2N3O4S. The van der Waals surface area contributed by atoms with E-state index >= 15 is 0 Å². The minimum Gasteiger partial charge on any atom is -0.493 e. The Morgan fingerprint density at radius 1 is 1.09 bits per heavy atom. The summed E-state index contributed by atoms with van der Waals surface area (Å²) in [5, 5.41) is 1.19. The lowest BCUT2D eigenvalue weighted by Gasteiger charge is -2.19. The number of hydrogen-bond acceptors (Lipinski definition) is 7. The Bertz CT molecular complexity index is 1130. The van der Waals surface area contributed by atoms with E-state index in [1.165, 1.54) is 17.4 Å². The van der Waals surface area contributed by atoms with E-state index in [1.54, 1.807) is 50.5 Å². The average molecular weight is 526 g/mol. The van der Waals surface area contributed by atoms with Crippen molar-refractivity contribution in [1.82, 2.24) is 9.88 Å². The number of methoxy groups -OCH3 is 3. The van der Waals surface area contributed by atoms with Crippen LogP contribution in [-0.4, -0.2) is 64.3 Å². The highest BCUT2D eigenvalue weighted by Gasteiger charge is 2.19. The molecule has 1 aromatic heterocycles. The van der Waals surface area contributed by atoms with E-state index in [0.29, 0.717) is 39.5 Å². The van der Waals surface area contributed by atoms with Gasteiger partial charge in [-0.1, -0.05) is 29.0 Å². The van der Waals surface area contributed by atoms with Gasteiger partial charge in [0.25, 0.3) is 5.91 Å². The Labute approximate surface area is 215 Å². The van der Waals surface area contributed by atoms with Crippen LogP contribution >= 0.6 is 35.3 Å². The molecule has 0 aliphatic carbocycles. The molecule has 0 bridgehead atoms. The minimum absolute atomic E-state index is 0. The fourth-order valence-electron chi connectivity index (χ4n) is 3.32. The molecular weight excluding hydrogens is 497 g/mol. The molecule has 0 aliphatic rings. The van der Waals surface area contributed by atoms with Crippen LogP contribution in [0.25, 0.3) is 16.3 Å². The fraction of sp³-hybridized carbons (Fsp3) is 0.333. The third-order valence-electron chi connectivity index (χ3n) is 4.95. The van der Waals surface area contributed by atoms with Crippen LogP contribution in [-0.2, 0) is 4.79 Å². The number of amides is 1. The number of hydrogen-bond donors (Lipinski definition) is 0. The van der Waals surface area contributed by atoms with Crippen molar-refractivity contribution in [3.8, 4) is 17.2 Å². The molecule has 1 amide bonds. The molecule has 10 heteroatoms. The van der Waals surface area contributed by atoms with Crippen molar-refractivity contribution in [2.24, 2.45) is 0 Å². The summed E-state index contributed by atoms with van der Waals surface area (Å²) < 4.78 is 17.1. The minimum atomic E-state index is -0.169. The highest BCUT2D eigenvalue weighted by molar-refractivity contribution is 7.22. The molecule has 7 nitrogen and oxygen atoms in total. The molecule has 0 unspecified atom stereocenters. The molecule has 0 fully saturated rings. The zero-order valence-corrected chi connectivity index (χ0v) is 22.2. The third kappa shape index (κ3) is 6.54. The van der Waals surface area contributed by atoms with Gasteiger partial charge < -0.3 is 19.1 Å². The molecule has 34 heavy (non-hydrogen) atoms. The molecule has 0 atom stereocenters. The molecule has 2 aromatic carbocycles. The molecule has 0 spiro atoms. The van der Waals surface area contributed by atoms with Gasteiger partial charge in [0.05, 0.1) is 31.1 Å². The number of para-hydroxylation sites is 1. The van der Waals surface area contributed by atoms with Gasteiger partial charge in [0.2, 0.25) is 5.75 Å². The van der Waals surface area contributed by atoms with Crippen molar-refractivity contribution in [2.75, 3.05) is 53.4 Å². The Kier molecular flexibility index (Phi) is 10.4. The van der Waals surface area contributed by atoms with Gasteiger partial charge in [-0.15, -0.1) is 12.4 Å². The summed E-state index contributed by atoms with van der Waals surface area (Å²) in [5.41, 5.74) is 1.46. The number of rotatable bonds is 10. The predicted molar refractivity (Wildman–Crippen MR) is 143 cm³/mol. The molecule has 3 rings (SSSR count). The zero-order chi connectivity index (χ0) is 24.0. The molecule has 0 radical (unpaired) electrons. The lowest BCUT2D eigenvalue weighted by Crippen LogP contribution is -2.32. The molecule has 184 valence electrons. The standard InChI is InChI=1S/C24H28ClN3O4S.ClH/c1-27(2)12-7-13-28(24-26-22-17(25)8-6-9-20(22)33-24)21(29)11-10-16-14-18(30-3)23(32-5)19(15-16)31-4;/h6,8-11,14-15H,7,12-13H2,1-5H3;1H. The van der Waals surface area contributed by atoms with Gasteiger partial charge in [-0.25, -0.2) is 4.98 Å². The number of carbonyl (C=O) groups excluding carboxylic acids is 1. The van der Waals surface area contributed by atoms with Gasteiger partial charge in [-0.3, -0.25) is 9.69 Å². The van der Waals surface area contributed by atoms with E-state index in [9.17, 15) is 4.79 Å². The van der Waals surface area contributed by atoms with E-state index < -0.39 is 0 Å². The number of carbonyl (C=O) groups is 1. The number of ether oxygens (including phenoxy) is 3. The van der Waals surface area contributed by atoms with Gasteiger partial charge in [0.1, 0.15) is 5.52 Å². The number of thiazole rings is 1. The summed E-state index contributed by atoms with van der Waals surface area (Å²) in [7, 11) is 8.68. The largest absolute Gasteiger partial charge is 0.493 e. The van der Waals surface area contributed by atoms with Crippen LogP contribution in [0.15, 0.2) is 36.4 Å². The van der Waals surface area contributed by atoms with Crippen LogP contribution in [0.1, 0.15) is 12.0 Å². The van der Waals surface area contributed by atoms with Crippen LogP contribution in [0.2, 0.25) is 5.02 Å². The van der Waals surface area contributed by atoms with Gasteiger partial charge >= 0.3 is 0 Å². The highest BCUT2D eigenvalue weighted by Crippen LogP contribution is 2.38. The Morgan fingerprint density at radius 3 is 2.32 bits per heavy atom. The predicted octanol–water partition coefficient (Wildman–Crippen LogP) is 5.40. The molecule has 0 N–H and O–H groups in total. The molecule has 0 saturated carbocycles. The first-order valence-electron chi connectivity index (χ1n) is 10.4. The number of aromatic nitrogens is 1. The zero-order valence-electron chi connectivity index (χ0n) is 19.8. The first-order valence-corrected chi connectivity index (χ1v) is 11.6. The normalized spacial score (nSPS) is 11.0. The number of nitrogens with zero attached hydrogens (tertiary/aromatic N) is 3. The van der Waals surface area contributed by atoms with Crippen LogP contribution in [0.5, 0.6) is 17.2 Å². The summed E-state index contributed by atoms with van der Waals surface area (Å²) in [6.07, 6.45) is 4.07. The van der Waals surface area contributed by atoms with Crippen molar-refractivity contribution in [3.63, 3.8) is 0 Å². The van der Waals surface area contributed by atoms with Crippen molar-refractivity contribution in [3.05, 3.63) is 47.0 Å². The number of halogens is 2. The maximum absolute atomic E-state index is 13.3. The maximum Gasteiger partial charge on any atom is 0.252 e. The van der Waals surface area contributed by atoms with Crippen molar-refractivity contribution < 1.29 is 19.0 Å². The first kappa shape index (κ1) is 27.7. The highest BCUT2D eigenvalue weighted by atomic mass is 35.5. The molecule has 0 aliphatic heterocycles. The fourth-order valence-corrected chi connectivity index (χ4v) is 4.62. The van der Waals surface area contributed by atoms with E-state index in [1.807, 2.05) is 26.2 Å². The Hall–Kier alpha value is -2.52. The topological polar surface area (TPSA) is 64.1 Å². The maximum atomic E-state index is 13.3. The quantitative estimate of drug-likeness (QED) is 0.330. The summed E-state index contributed by atoms with van der Waals surface area (Å²) in [6.45, 7) is 1.39. The van der Waals surface area contributed by atoms with Crippen molar-refractivity contribution in [1.29, 1.82) is 0 Å². The second-order valence-electron chi connectivity index (χ2n) is 7.52. The van der Waals surface area contributed by atoms with Gasteiger partial charge in [0.15, 0.2) is 16.6 Å². The number of fused-ring (bicyclic) bond motifs is 1. The lowest BCUT2D eigenvalue weighted by molar-refractivity contribution is -0.114. The third-order valence-corrected chi connectivity index (χ3v) is 6.30. The van der Waals surface area contributed by atoms with Crippen molar-refractivity contribution >= 4 is 62.7 Å². The first-order chi connectivity index (χ1) is 15.9. The smallest absolute Gasteiger partial charge is 0.252 e. The molecule has 1 heterocycles. The lowest BCUT2D eigenvalue weighted by atomic mass is 10.1. The SMILES string of the molecule is COc1cc(C=CC(=O)N(CCCN(C)C)c2nc3c(Cl)cccc3s2)cc(OC)c1OC.Cl. The monoisotopic (exact) mass is 525 g/mol. The van der Waals surface area contributed by atoms with Crippen LogP contribution in [0, 0.1) is 0 Å². The van der Waals surface area contributed by atoms with E-state index in [4.69, 9.17) is 25.8 Å². The summed E-state index contributed by atoms with van der Waals surface area (Å²) in [6, 6.07) is 9.22. The van der Waals surface area contributed by atoms with E-state index in [2.05, 4.69) is 9.88 Å². The van der Waals surface area contributed by atoms with Gasteiger partial charge in [-0.2, -0.15) is 0 Å². The second kappa shape index (κ2) is 12.8. The van der Waals surface area contributed by atoms with Crippen LogP contribution < -0.4 is 19.1 Å². The average Bonchev–Trinajstić information content (AvgIpc) is 3.24. The number of anilines is 1. The van der Waals surface area contributed by atoms with E-state index in [0.717, 1.165) is 23.2 Å². The van der Waals surface area contributed by atoms with Crippen molar-refractivity contribution in [2.45, 2.75) is 6.42 Å². The van der Waals surface area contributed by atoms with Crippen LogP contribution in [0.4, 0.5) is 5.13 Å². The van der Waals surface area contributed by atoms with Gasteiger partial charge in [0, 0.05) is 12.6 Å².